The van der Waals surface area contributed by atoms with Crippen LogP contribution in [0.15, 0.2) is 12.1 Å². The molecule has 1 rings (SSSR count). The van der Waals surface area contributed by atoms with Gasteiger partial charge in [-0.1, -0.05) is 23.2 Å². The molecule has 0 aromatic heterocycles. The number of hydrogen-bond donors (Lipinski definition) is 3. The van der Waals surface area contributed by atoms with E-state index in [2.05, 4.69) is 5.32 Å². The summed E-state index contributed by atoms with van der Waals surface area (Å²) in [7, 11) is 0. The number of carboxylic acid groups (broad SMARTS) is 1. The molecule has 0 saturated heterocycles. The highest BCUT2D eigenvalue weighted by atomic mass is 35.5. The number of ether oxygens (including phenoxy) is 1. The molecule has 1 atom stereocenters. The lowest BCUT2D eigenvalue weighted by Gasteiger charge is -2.22. The lowest BCUT2D eigenvalue weighted by Crippen LogP contribution is -2.44. The number of alkyl carbamates (subject to hydrolysis) is 1. The molecule has 122 valence electrons. The van der Waals surface area contributed by atoms with E-state index in [9.17, 15) is 19.8 Å². The first-order valence-electron chi connectivity index (χ1n) is 6.39. The molecule has 0 heterocycles. The van der Waals surface area contributed by atoms with E-state index in [0.717, 1.165) is 0 Å². The molecule has 0 aliphatic rings. The highest BCUT2D eigenvalue weighted by molar-refractivity contribution is 6.42. The third kappa shape index (κ3) is 5.61. The number of nitrogens with one attached hydrogen (secondary N) is 1. The van der Waals surface area contributed by atoms with Gasteiger partial charge in [0.05, 0.1) is 10.0 Å². The highest BCUT2D eigenvalue weighted by Crippen LogP contribution is 2.30. The molecular formula is C14H17Cl2NO5. The van der Waals surface area contributed by atoms with Crippen LogP contribution in [0.4, 0.5) is 4.79 Å². The van der Waals surface area contributed by atoms with Gasteiger partial charge in [0.25, 0.3) is 0 Å². The second kappa shape index (κ2) is 7.07. The number of carbonyl (C=O) groups is 2. The molecule has 0 aliphatic heterocycles. The Morgan fingerprint density at radius 2 is 1.82 bits per heavy atom. The number of aliphatic carboxylic acids is 1. The van der Waals surface area contributed by atoms with Crippen LogP contribution in [0.1, 0.15) is 26.3 Å². The van der Waals surface area contributed by atoms with E-state index in [1.165, 1.54) is 12.1 Å². The topological polar surface area (TPSA) is 95.9 Å². The third-order valence-corrected chi connectivity index (χ3v) is 3.26. The summed E-state index contributed by atoms with van der Waals surface area (Å²) in [6, 6.07) is 1.29. The van der Waals surface area contributed by atoms with Crippen LogP contribution in [0, 0.1) is 0 Å². The molecule has 6 nitrogen and oxygen atoms in total. The van der Waals surface area contributed by atoms with Crippen molar-refractivity contribution in [3.05, 3.63) is 27.7 Å². The summed E-state index contributed by atoms with van der Waals surface area (Å²) < 4.78 is 5.01. The molecule has 0 bridgehead atoms. The normalized spacial score (nSPS) is 12.6. The lowest BCUT2D eigenvalue weighted by atomic mass is 10.1. The number of hydrogen-bond acceptors (Lipinski definition) is 4. The van der Waals surface area contributed by atoms with E-state index in [0.29, 0.717) is 0 Å². The van der Waals surface area contributed by atoms with Crippen molar-refractivity contribution < 1.29 is 24.5 Å². The number of aromatic hydroxyl groups is 1. The predicted molar refractivity (Wildman–Crippen MR) is 82.6 cm³/mol. The van der Waals surface area contributed by atoms with Gasteiger partial charge in [0.2, 0.25) is 0 Å². The molecular weight excluding hydrogens is 333 g/mol. The number of amides is 1. The Labute approximate surface area is 138 Å². The van der Waals surface area contributed by atoms with E-state index in [4.69, 9.17) is 27.9 Å². The maximum atomic E-state index is 11.7. The average Bonchev–Trinajstić information content (AvgIpc) is 2.32. The van der Waals surface area contributed by atoms with Crippen molar-refractivity contribution in [2.24, 2.45) is 0 Å². The molecule has 0 saturated carbocycles. The van der Waals surface area contributed by atoms with Gasteiger partial charge >= 0.3 is 12.1 Å². The average molecular weight is 350 g/mol. The maximum absolute atomic E-state index is 11.7. The largest absolute Gasteiger partial charge is 0.508 e. The van der Waals surface area contributed by atoms with E-state index < -0.39 is 23.7 Å². The van der Waals surface area contributed by atoms with Crippen LogP contribution in [-0.4, -0.2) is 33.9 Å². The molecule has 0 fully saturated rings. The Kier molecular flexibility index (Phi) is 5.91. The molecule has 22 heavy (non-hydrogen) atoms. The number of carboxylic acids is 1. The van der Waals surface area contributed by atoms with Crippen LogP contribution < -0.4 is 5.32 Å². The van der Waals surface area contributed by atoms with Gasteiger partial charge in [-0.3, -0.25) is 0 Å². The SMILES string of the molecule is CC(C)(C)OC(=O)NC(Cc1cc(Cl)c(Cl)cc1O)C(=O)O. The number of benzene rings is 1. The maximum Gasteiger partial charge on any atom is 0.408 e. The minimum atomic E-state index is -1.28. The van der Waals surface area contributed by atoms with Crippen LogP contribution in [-0.2, 0) is 16.0 Å². The fourth-order valence-corrected chi connectivity index (χ4v) is 1.95. The molecule has 1 aromatic rings. The number of phenolic OH excluding ortho intramolecular Hbond substituents is 1. The standard InChI is InChI=1S/C14H17Cl2NO5/c1-14(2,3)22-13(21)17-10(12(19)20)5-7-4-8(15)9(16)6-11(7)18/h4,6,10,18H,5H2,1-3H3,(H,17,21)(H,19,20). The van der Waals surface area contributed by atoms with Crippen molar-refractivity contribution in [1.29, 1.82) is 0 Å². The Bertz CT molecular complexity index is 583. The van der Waals surface area contributed by atoms with Gasteiger partial charge in [-0.05, 0) is 32.4 Å². The van der Waals surface area contributed by atoms with Crippen molar-refractivity contribution in [2.75, 3.05) is 0 Å². The first-order chi connectivity index (χ1) is 9.99. The van der Waals surface area contributed by atoms with E-state index in [-0.39, 0.29) is 27.8 Å². The second-order valence-corrected chi connectivity index (χ2v) is 6.45. The number of phenols is 1. The molecule has 1 aromatic carbocycles. The monoisotopic (exact) mass is 349 g/mol. The molecule has 0 spiro atoms. The Hall–Kier alpha value is -1.66. The first kappa shape index (κ1) is 18.4. The van der Waals surface area contributed by atoms with Crippen molar-refractivity contribution in [2.45, 2.75) is 38.8 Å². The fraction of sp³-hybridized carbons (Fsp3) is 0.429. The number of halogens is 2. The number of carbonyl (C=O) groups excluding carboxylic acids is 1. The van der Waals surface area contributed by atoms with Crippen molar-refractivity contribution >= 4 is 35.3 Å². The Morgan fingerprint density at radius 3 is 2.32 bits per heavy atom. The molecule has 0 radical (unpaired) electrons. The van der Waals surface area contributed by atoms with Gasteiger partial charge in [0.15, 0.2) is 0 Å². The summed E-state index contributed by atoms with van der Waals surface area (Å²) in [5, 5.41) is 21.5. The zero-order chi connectivity index (χ0) is 17.1. The number of rotatable bonds is 4. The summed E-state index contributed by atoms with van der Waals surface area (Å²) in [6.07, 6.45) is -1.03. The molecule has 0 aliphatic carbocycles. The van der Waals surface area contributed by atoms with Crippen molar-refractivity contribution in [3.8, 4) is 5.75 Å². The smallest absolute Gasteiger partial charge is 0.408 e. The molecule has 1 unspecified atom stereocenters. The lowest BCUT2D eigenvalue weighted by molar-refractivity contribution is -0.139. The van der Waals surface area contributed by atoms with E-state index in [1.807, 2.05) is 0 Å². The highest BCUT2D eigenvalue weighted by Gasteiger charge is 2.25. The zero-order valence-electron chi connectivity index (χ0n) is 12.3. The minimum Gasteiger partial charge on any atom is -0.508 e. The quantitative estimate of drug-likeness (QED) is 0.775. The minimum absolute atomic E-state index is 0.148. The van der Waals surface area contributed by atoms with Gasteiger partial charge in [0, 0.05) is 12.5 Å². The van der Waals surface area contributed by atoms with E-state index in [1.54, 1.807) is 20.8 Å². The van der Waals surface area contributed by atoms with Gasteiger partial charge in [-0.25, -0.2) is 9.59 Å². The Morgan fingerprint density at radius 1 is 1.27 bits per heavy atom. The van der Waals surface area contributed by atoms with Crippen molar-refractivity contribution in [3.63, 3.8) is 0 Å². The van der Waals surface area contributed by atoms with Crippen LogP contribution in [0.25, 0.3) is 0 Å². The van der Waals surface area contributed by atoms with Gasteiger partial charge in [-0.15, -0.1) is 0 Å². The zero-order valence-corrected chi connectivity index (χ0v) is 13.8. The van der Waals surface area contributed by atoms with Crippen LogP contribution >= 0.6 is 23.2 Å². The fourth-order valence-electron chi connectivity index (χ4n) is 1.61. The summed E-state index contributed by atoms with van der Waals surface area (Å²) >= 11 is 11.6. The summed E-state index contributed by atoms with van der Waals surface area (Å²) in [6.45, 7) is 4.98. The van der Waals surface area contributed by atoms with Crippen molar-refractivity contribution in [1.82, 2.24) is 5.32 Å². The summed E-state index contributed by atoms with van der Waals surface area (Å²) in [5.74, 6) is -1.47. The molecule has 8 heteroatoms. The summed E-state index contributed by atoms with van der Waals surface area (Å²) in [4.78, 5) is 22.9. The Balaban J connectivity index is 2.88. The van der Waals surface area contributed by atoms with Gasteiger partial charge in [0.1, 0.15) is 17.4 Å². The molecule has 3 N–H and O–H groups in total. The predicted octanol–water partition coefficient (Wildman–Crippen LogP) is 3.22. The van der Waals surface area contributed by atoms with Gasteiger partial charge < -0.3 is 20.3 Å². The first-order valence-corrected chi connectivity index (χ1v) is 7.14. The van der Waals surface area contributed by atoms with Gasteiger partial charge in [-0.2, -0.15) is 0 Å². The molecule has 1 amide bonds. The third-order valence-electron chi connectivity index (χ3n) is 2.53. The second-order valence-electron chi connectivity index (χ2n) is 5.64. The van der Waals surface area contributed by atoms with E-state index >= 15 is 0 Å². The van der Waals surface area contributed by atoms with Crippen LogP contribution in [0.3, 0.4) is 0 Å². The van der Waals surface area contributed by atoms with Crippen LogP contribution in [0.2, 0.25) is 10.0 Å². The van der Waals surface area contributed by atoms with Crippen LogP contribution in [0.5, 0.6) is 5.75 Å². The summed E-state index contributed by atoms with van der Waals surface area (Å²) in [5.41, 5.74) is -0.503.